The Morgan fingerprint density at radius 2 is 1.94 bits per heavy atom. The Labute approximate surface area is 106 Å². The highest BCUT2D eigenvalue weighted by Gasteiger charge is 2.28. The summed E-state index contributed by atoms with van der Waals surface area (Å²) in [6, 6.07) is 6.83. The first-order valence-corrected chi connectivity index (χ1v) is 6.03. The maximum Gasteiger partial charge on any atom is 0.250 e. The molecule has 18 heavy (non-hydrogen) atoms. The second-order valence-electron chi connectivity index (χ2n) is 4.67. The number of amides is 2. The van der Waals surface area contributed by atoms with Gasteiger partial charge in [0, 0.05) is 12.0 Å². The van der Waals surface area contributed by atoms with Gasteiger partial charge >= 0.3 is 0 Å². The topological polar surface area (TPSA) is 98.2 Å². The maximum atomic E-state index is 12.0. The number of rotatable bonds is 3. The fourth-order valence-electron chi connectivity index (χ4n) is 2.30. The van der Waals surface area contributed by atoms with E-state index in [-0.39, 0.29) is 17.9 Å². The van der Waals surface area contributed by atoms with Gasteiger partial charge in [0.2, 0.25) is 5.91 Å². The molecule has 2 amide bonds. The largest absolute Gasteiger partial charge is 0.366 e. The van der Waals surface area contributed by atoms with Crippen molar-refractivity contribution >= 4 is 17.5 Å². The molecule has 1 aliphatic carbocycles. The number of primary amides is 1. The summed E-state index contributed by atoms with van der Waals surface area (Å²) in [6.45, 7) is 0. The van der Waals surface area contributed by atoms with Crippen LogP contribution in [0.1, 0.15) is 29.6 Å². The van der Waals surface area contributed by atoms with Gasteiger partial charge < -0.3 is 16.8 Å². The van der Waals surface area contributed by atoms with Gasteiger partial charge in [0.05, 0.1) is 11.3 Å². The van der Waals surface area contributed by atoms with E-state index in [9.17, 15) is 9.59 Å². The van der Waals surface area contributed by atoms with E-state index in [4.69, 9.17) is 11.5 Å². The predicted octanol–water partition coefficient (Wildman–Crippen LogP) is 0.851. The summed E-state index contributed by atoms with van der Waals surface area (Å²) in [4.78, 5) is 23.2. The van der Waals surface area contributed by atoms with E-state index in [2.05, 4.69) is 5.32 Å². The lowest BCUT2D eigenvalue weighted by molar-refractivity contribution is -0.119. The van der Waals surface area contributed by atoms with Crippen LogP contribution in [-0.2, 0) is 4.79 Å². The molecule has 1 fully saturated rings. The highest BCUT2D eigenvalue weighted by molar-refractivity contribution is 6.03. The van der Waals surface area contributed by atoms with Crippen LogP contribution in [0.3, 0.4) is 0 Å². The van der Waals surface area contributed by atoms with Crippen molar-refractivity contribution in [1.82, 2.24) is 0 Å². The molecule has 5 N–H and O–H groups in total. The molecule has 1 aromatic rings. The number of para-hydroxylation sites is 1. The number of benzene rings is 1. The average molecular weight is 247 g/mol. The van der Waals surface area contributed by atoms with E-state index in [1.807, 2.05) is 0 Å². The van der Waals surface area contributed by atoms with E-state index >= 15 is 0 Å². The molecule has 1 aromatic carbocycles. The minimum Gasteiger partial charge on any atom is -0.366 e. The first-order chi connectivity index (χ1) is 8.58. The summed E-state index contributed by atoms with van der Waals surface area (Å²) in [5.74, 6) is -0.702. The van der Waals surface area contributed by atoms with Gasteiger partial charge in [-0.15, -0.1) is 0 Å². The zero-order chi connectivity index (χ0) is 13.1. The van der Waals surface area contributed by atoms with E-state index in [0.29, 0.717) is 17.7 Å². The molecule has 0 radical (unpaired) electrons. The Bertz CT molecular complexity index is 473. The Morgan fingerprint density at radius 1 is 1.22 bits per heavy atom. The Morgan fingerprint density at radius 3 is 2.56 bits per heavy atom. The Balaban J connectivity index is 2.09. The van der Waals surface area contributed by atoms with Gasteiger partial charge in [-0.2, -0.15) is 0 Å². The molecule has 2 atom stereocenters. The summed E-state index contributed by atoms with van der Waals surface area (Å²) in [5.41, 5.74) is 11.8. The summed E-state index contributed by atoms with van der Waals surface area (Å²) in [5, 5.41) is 2.76. The van der Waals surface area contributed by atoms with Crippen LogP contribution in [0.5, 0.6) is 0 Å². The van der Waals surface area contributed by atoms with Crippen LogP contribution < -0.4 is 16.8 Å². The third kappa shape index (κ3) is 2.68. The minimum absolute atomic E-state index is 0.0686. The second kappa shape index (κ2) is 5.18. The van der Waals surface area contributed by atoms with Gasteiger partial charge in [0.15, 0.2) is 0 Å². The van der Waals surface area contributed by atoms with E-state index < -0.39 is 5.91 Å². The quantitative estimate of drug-likeness (QED) is 0.738. The fraction of sp³-hybridized carbons (Fsp3) is 0.385. The lowest BCUT2D eigenvalue weighted by atomic mass is 10.1. The highest BCUT2D eigenvalue weighted by Crippen LogP contribution is 2.26. The third-order valence-electron chi connectivity index (χ3n) is 3.29. The van der Waals surface area contributed by atoms with Crippen molar-refractivity contribution in [1.29, 1.82) is 0 Å². The molecule has 5 nitrogen and oxygen atoms in total. The van der Waals surface area contributed by atoms with Crippen molar-refractivity contribution in [3.05, 3.63) is 29.8 Å². The average Bonchev–Trinajstić information content (AvgIpc) is 2.76. The van der Waals surface area contributed by atoms with Crippen LogP contribution in [0.25, 0.3) is 0 Å². The van der Waals surface area contributed by atoms with E-state index in [0.717, 1.165) is 12.8 Å². The standard InChI is InChI=1S/C13H17N3O2/c14-9-6-5-8(7-9)13(18)16-11-4-2-1-3-10(11)12(15)17/h1-4,8-9H,5-7,14H2,(H2,15,17)(H,16,18). The summed E-state index contributed by atoms with van der Waals surface area (Å²) in [7, 11) is 0. The summed E-state index contributed by atoms with van der Waals surface area (Å²) >= 11 is 0. The first kappa shape index (κ1) is 12.6. The molecule has 0 heterocycles. The van der Waals surface area contributed by atoms with Gasteiger partial charge in [-0.05, 0) is 31.4 Å². The molecular formula is C13H17N3O2. The first-order valence-electron chi connectivity index (χ1n) is 6.03. The maximum absolute atomic E-state index is 12.0. The Kier molecular flexibility index (Phi) is 3.62. The SMILES string of the molecule is NC(=O)c1ccccc1NC(=O)C1CCC(N)C1. The molecule has 96 valence electrons. The molecule has 0 aliphatic heterocycles. The fourth-order valence-corrected chi connectivity index (χ4v) is 2.30. The molecule has 0 bridgehead atoms. The number of nitrogens with two attached hydrogens (primary N) is 2. The molecule has 1 aliphatic rings. The molecular weight excluding hydrogens is 230 g/mol. The monoisotopic (exact) mass is 247 g/mol. The van der Waals surface area contributed by atoms with Crippen molar-refractivity contribution in [3.8, 4) is 0 Å². The van der Waals surface area contributed by atoms with Crippen LogP contribution in [0, 0.1) is 5.92 Å². The molecule has 0 spiro atoms. The van der Waals surface area contributed by atoms with Gasteiger partial charge in [0.25, 0.3) is 5.91 Å². The number of hydrogen-bond donors (Lipinski definition) is 3. The van der Waals surface area contributed by atoms with Crippen molar-refractivity contribution in [2.24, 2.45) is 17.4 Å². The highest BCUT2D eigenvalue weighted by atomic mass is 16.2. The normalized spacial score (nSPS) is 22.7. The molecule has 5 heteroatoms. The molecule has 2 unspecified atom stereocenters. The zero-order valence-electron chi connectivity index (χ0n) is 10.1. The number of hydrogen-bond acceptors (Lipinski definition) is 3. The van der Waals surface area contributed by atoms with E-state index in [1.165, 1.54) is 0 Å². The number of nitrogens with one attached hydrogen (secondary N) is 1. The lowest BCUT2D eigenvalue weighted by Crippen LogP contribution is -2.24. The zero-order valence-corrected chi connectivity index (χ0v) is 10.1. The summed E-state index contributed by atoms with van der Waals surface area (Å²) < 4.78 is 0. The van der Waals surface area contributed by atoms with Crippen LogP contribution in [0.4, 0.5) is 5.69 Å². The van der Waals surface area contributed by atoms with Crippen LogP contribution in [-0.4, -0.2) is 17.9 Å². The molecule has 0 aromatic heterocycles. The van der Waals surface area contributed by atoms with E-state index in [1.54, 1.807) is 24.3 Å². The molecule has 0 saturated heterocycles. The Hall–Kier alpha value is -1.88. The summed E-state index contributed by atoms with van der Waals surface area (Å²) in [6.07, 6.45) is 2.37. The van der Waals surface area contributed by atoms with Gasteiger partial charge in [0.1, 0.15) is 0 Å². The van der Waals surface area contributed by atoms with Gasteiger partial charge in [-0.25, -0.2) is 0 Å². The van der Waals surface area contributed by atoms with Crippen LogP contribution in [0.15, 0.2) is 24.3 Å². The number of carbonyl (C=O) groups excluding carboxylic acids is 2. The minimum atomic E-state index is -0.547. The van der Waals surface area contributed by atoms with Crippen molar-refractivity contribution in [2.45, 2.75) is 25.3 Å². The van der Waals surface area contributed by atoms with Crippen molar-refractivity contribution in [3.63, 3.8) is 0 Å². The molecule has 1 saturated carbocycles. The molecule has 2 rings (SSSR count). The number of carbonyl (C=O) groups is 2. The van der Waals surface area contributed by atoms with Crippen LogP contribution >= 0.6 is 0 Å². The third-order valence-corrected chi connectivity index (χ3v) is 3.29. The lowest BCUT2D eigenvalue weighted by Gasteiger charge is -2.12. The predicted molar refractivity (Wildman–Crippen MR) is 68.9 cm³/mol. The van der Waals surface area contributed by atoms with Crippen LogP contribution in [0.2, 0.25) is 0 Å². The van der Waals surface area contributed by atoms with Gasteiger partial charge in [-0.3, -0.25) is 9.59 Å². The number of anilines is 1. The van der Waals surface area contributed by atoms with Crippen molar-refractivity contribution in [2.75, 3.05) is 5.32 Å². The second-order valence-corrected chi connectivity index (χ2v) is 4.67. The van der Waals surface area contributed by atoms with Crippen molar-refractivity contribution < 1.29 is 9.59 Å². The smallest absolute Gasteiger partial charge is 0.250 e. The van der Waals surface area contributed by atoms with Gasteiger partial charge in [-0.1, -0.05) is 12.1 Å².